The van der Waals surface area contributed by atoms with E-state index in [2.05, 4.69) is 20.8 Å². The standard InChI is InChI=1S/C20H26N6O3/c1-2-25-12-10-20(9-7-19(25)28)13-16(15-5-3-4-6-17(15)29-20)22-18(27)8-11-26-14-21-23-24-26/h3-6,14,16H,2,7-13H2,1H3,(H,22,27)/t16-,20+/m1/s1. The normalized spacial score (nSPS) is 24.0. The number of tetrazole rings is 1. The summed E-state index contributed by atoms with van der Waals surface area (Å²) in [4.78, 5) is 26.9. The van der Waals surface area contributed by atoms with Crippen molar-refractivity contribution in [2.75, 3.05) is 13.1 Å². The highest BCUT2D eigenvalue weighted by molar-refractivity contribution is 5.77. The van der Waals surface area contributed by atoms with E-state index in [1.54, 1.807) is 0 Å². The van der Waals surface area contributed by atoms with Crippen molar-refractivity contribution in [1.82, 2.24) is 30.4 Å². The van der Waals surface area contributed by atoms with Crippen molar-refractivity contribution >= 4 is 11.8 Å². The van der Waals surface area contributed by atoms with Crippen LogP contribution in [0.5, 0.6) is 5.75 Å². The van der Waals surface area contributed by atoms with Gasteiger partial charge in [0.15, 0.2) is 0 Å². The Labute approximate surface area is 169 Å². The fourth-order valence-electron chi connectivity index (χ4n) is 4.23. The quantitative estimate of drug-likeness (QED) is 0.818. The lowest BCUT2D eigenvalue weighted by Crippen LogP contribution is -2.46. The maximum atomic E-state index is 12.6. The Balaban J connectivity index is 1.50. The minimum Gasteiger partial charge on any atom is -0.487 e. The second-order valence-electron chi connectivity index (χ2n) is 7.69. The zero-order valence-corrected chi connectivity index (χ0v) is 16.6. The van der Waals surface area contributed by atoms with Gasteiger partial charge in [0.2, 0.25) is 11.8 Å². The molecule has 9 heteroatoms. The Kier molecular flexibility index (Phi) is 5.46. The lowest BCUT2D eigenvalue weighted by atomic mass is 9.82. The Morgan fingerprint density at radius 3 is 3.00 bits per heavy atom. The van der Waals surface area contributed by atoms with Crippen LogP contribution in [0.15, 0.2) is 30.6 Å². The van der Waals surface area contributed by atoms with Gasteiger partial charge in [-0.2, -0.15) is 0 Å². The number of fused-ring (bicyclic) bond motifs is 1. The molecule has 2 aliphatic heterocycles. The molecule has 2 atom stereocenters. The van der Waals surface area contributed by atoms with E-state index < -0.39 is 5.60 Å². The summed E-state index contributed by atoms with van der Waals surface area (Å²) in [6.45, 7) is 3.82. The molecule has 0 aliphatic carbocycles. The van der Waals surface area contributed by atoms with E-state index in [0.717, 1.165) is 17.7 Å². The third-order valence-corrected chi connectivity index (χ3v) is 5.86. The van der Waals surface area contributed by atoms with Crippen molar-refractivity contribution in [3.8, 4) is 5.75 Å². The van der Waals surface area contributed by atoms with Crippen LogP contribution in [-0.4, -0.2) is 55.6 Å². The molecular weight excluding hydrogens is 372 g/mol. The Hall–Kier alpha value is -2.97. The third-order valence-electron chi connectivity index (χ3n) is 5.86. The highest BCUT2D eigenvalue weighted by Crippen LogP contribution is 2.44. The van der Waals surface area contributed by atoms with Crippen LogP contribution in [0.25, 0.3) is 0 Å². The SMILES string of the molecule is CCN1CC[C@@]2(CCC1=O)C[C@@H](NC(=O)CCn1cnnn1)c1ccccc1O2. The number of aryl methyl sites for hydroxylation is 1. The van der Waals surface area contributed by atoms with Crippen LogP contribution in [0.3, 0.4) is 0 Å². The van der Waals surface area contributed by atoms with Gasteiger partial charge in [0.1, 0.15) is 17.7 Å². The molecule has 0 saturated carbocycles. The lowest BCUT2D eigenvalue weighted by Gasteiger charge is -2.42. The second-order valence-corrected chi connectivity index (χ2v) is 7.69. The molecule has 1 fully saturated rings. The first-order valence-electron chi connectivity index (χ1n) is 10.1. The molecule has 1 saturated heterocycles. The number of aromatic nitrogens is 4. The highest BCUT2D eigenvalue weighted by Gasteiger charge is 2.43. The average molecular weight is 398 g/mol. The Morgan fingerprint density at radius 2 is 2.21 bits per heavy atom. The van der Waals surface area contributed by atoms with Crippen LogP contribution >= 0.6 is 0 Å². The summed E-state index contributed by atoms with van der Waals surface area (Å²) in [6.07, 6.45) is 4.33. The van der Waals surface area contributed by atoms with E-state index in [9.17, 15) is 9.59 Å². The van der Waals surface area contributed by atoms with Gasteiger partial charge in [0.25, 0.3) is 0 Å². The van der Waals surface area contributed by atoms with Gasteiger partial charge in [-0.05, 0) is 29.8 Å². The van der Waals surface area contributed by atoms with Crippen molar-refractivity contribution in [2.24, 2.45) is 0 Å². The smallest absolute Gasteiger partial charge is 0.222 e. The number of benzene rings is 1. The van der Waals surface area contributed by atoms with Crippen molar-refractivity contribution in [3.63, 3.8) is 0 Å². The van der Waals surface area contributed by atoms with Crippen molar-refractivity contribution in [1.29, 1.82) is 0 Å². The fraction of sp³-hybridized carbons (Fsp3) is 0.550. The minimum absolute atomic E-state index is 0.0581. The van der Waals surface area contributed by atoms with Crippen LogP contribution in [0.2, 0.25) is 0 Å². The fourth-order valence-corrected chi connectivity index (χ4v) is 4.23. The summed E-state index contributed by atoms with van der Waals surface area (Å²) in [6, 6.07) is 7.68. The van der Waals surface area contributed by atoms with Crippen LogP contribution in [0, 0.1) is 0 Å². The average Bonchev–Trinajstić information content (AvgIpc) is 3.20. The molecule has 1 aromatic carbocycles. The molecule has 0 radical (unpaired) electrons. The molecule has 29 heavy (non-hydrogen) atoms. The minimum atomic E-state index is -0.443. The molecule has 0 unspecified atom stereocenters. The van der Waals surface area contributed by atoms with E-state index in [-0.39, 0.29) is 17.9 Å². The molecule has 2 aliphatic rings. The molecule has 1 spiro atoms. The third kappa shape index (κ3) is 4.23. The van der Waals surface area contributed by atoms with E-state index in [1.807, 2.05) is 36.1 Å². The van der Waals surface area contributed by atoms with E-state index >= 15 is 0 Å². The molecule has 1 N–H and O–H groups in total. The molecule has 2 aromatic rings. The number of amides is 2. The van der Waals surface area contributed by atoms with Crippen LogP contribution < -0.4 is 10.1 Å². The Morgan fingerprint density at radius 1 is 1.34 bits per heavy atom. The first-order valence-corrected chi connectivity index (χ1v) is 10.1. The number of para-hydroxylation sites is 1. The molecule has 4 rings (SSSR count). The van der Waals surface area contributed by atoms with Gasteiger partial charge in [0.05, 0.1) is 12.6 Å². The van der Waals surface area contributed by atoms with E-state index in [4.69, 9.17) is 4.74 Å². The van der Waals surface area contributed by atoms with Gasteiger partial charge in [0, 0.05) is 44.3 Å². The van der Waals surface area contributed by atoms with Crippen LogP contribution in [0.4, 0.5) is 0 Å². The summed E-state index contributed by atoms with van der Waals surface area (Å²) in [5, 5.41) is 14.1. The number of nitrogens with one attached hydrogen (secondary N) is 1. The van der Waals surface area contributed by atoms with Gasteiger partial charge in [-0.1, -0.05) is 18.2 Å². The summed E-state index contributed by atoms with van der Waals surface area (Å²) in [5.41, 5.74) is 0.540. The van der Waals surface area contributed by atoms with Crippen LogP contribution in [0.1, 0.15) is 50.6 Å². The van der Waals surface area contributed by atoms with Gasteiger partial charge in [-0.3, -0.25) is 9.59 Å². The summed E-state index contributed by atoms with van der Waals surface area (Å²) in [5.74, 6) is 0.910. The number of likely N-dealkylation sites (tertiary alicyclic amines) is 1. The number of ether oxygens (including phenoxy) is 1. The molecule has 3 heterocycles. The number of carbonyl (C=O) groups is 2. The molecule has 1 aromatic heterocycles. The van der Waals surface area contributed by atoms with E-state index in [0.29, 0.717) is 45.3 Å². The topological polar surface area (TPSA) is 102 Å². The maximum Gasteiger partial charge on any atom is 0.222 e. The molecule has 9 nitrogen and oxygen atoms in total. The monoisotopic (exact) mass is 398 g/mol. The lowest BCUT2D eigenvalue weighted by molar-refractivity contribution is -0.130. The van der Waals surface area contributed by atoms with Gasteiger partial charge in [-0.25, -0.2) is 4.68 Å². The van der Waals surface area contributed by atoms with Crippen LogP contribution in [-0.2, 0) is 16.1 Å². The van der Waals surface area contributed by atoms with Crippen molar-refractivity contribution in [2.45, 2.75) is 57.2 Å². The highest BCUT2D eigenvalue weighted by atomic mass is 16.5. The maximum absolute atomic E-state index is 12.6. The van der Waals surface area contributed by atoms with Gasteiger partial charge >= 0.3 is 0 Å². The zero-order chi connectivity index (χ0) is 20.3. The summed E-state index contributed by atoms with van der Waals surface area (Å²) < 4.78 is 7.99. The second kappa shape index (κ2) is 8.18. The molecular formula is C20H26N6O3. The van der Waals surface area contributed by atoms with Gasteiger partial charge in [-0.15, -0.1) is 5.10 Å². The van der Waals surface area contributed by atoms with E-state index in [1.165, 1.54) is 11.0 Å². The molecule has 2 amide bonds. The largest absolute Gasteiger partial charge is 0.487 e. The summed E-state index contributed by atoms with van der Waals surface area (Å²) in [7, 11) is 0. The number of hydrogen-bond acceptors (Lipinski definition) is 6. The number of rotatable bonds is 5. The number of hydrogen-bond donors (Lipinski definition) is 1. The summed E-state index contributed by atoms with van der Waals surface area (Å²) >= 11 is 0. The first kappa shape index (κ1) is 19.4. The first-order chi connectivity index (χ1) is 14.1. The number of carbonyl (C=O) groups excluding carboxylic acids is 2. The predicted molar refractivity (Wildman–Crippen MR) is 104 cm³/mol. The molecule has 0 bridgehead atoms. The predicted octanol–water partition coefficient (Wildman–Crippen LogP) is 1.47. The number of nitrogens with zero attached hydrogens (tertiary/aromatic N) is 5. The van der Waals surface area contributed by atoms with Gasteiger partial charge < -0.3 is 15.0 Å². The molecule has 154 valence electrons. The van der Waals surface area contributed by atoms with Crippen molar-refractivity contribution < 1.29 is 14.3 Å². The zero-order valence-electron chi connectivity index (χ0n) is 16.6. The van der Waals surface area contributed by atoms with Crippen molar-refractivity contribution in [3.05, 3.63) is 36.2 Å². The Bertz CT molecular complexity index is 871.